The van der Waals surface area contributed by atoms with Crippen LogP contribution in [0.2, 0.25) is 0 Å². The monoisotopic (exact) mass is 599 g/mol. The first kappa shape index (κ1) is 35.6. The zero-order valence-electron chi connectivity index (χ0n) is 28.6. The predicted octanol–water partition coefficient (Wildman–Crippen LogP) is 10.8. The number of pyridine rings is 1. The van der Waals surface area contributed by atoms with Crippen LogP contribution in [0.4, 0.5) is 0 Å². The lowest BCUT2D eigenvalue weighted by Crippen LogP contribution is -2.35. The summed E-state index contributed by atoms with van der Waals surface area (Å²) < 4.78 is 0. The van der Waals surface area contributed by atoms with E-state index in [-0.39, 0.29) is 5.75 Å². The van der Waals surface area contributed by atoms with Crippen molar-refractivity contribution in [2.24, 2.45) is 11.8 Å². The number of phenols is 1. The summed E-state index contributed by atoms with van der Waals surface area (Å²) in [4.78, 5) is 7.71. The highest BCUT2D eigenvalue weighted by molar-refractivity contribution is 5.96. The van der Waals surface area contributed by atoms with E-state index in [2.05, 4.69) is 70.1 Å². The number of rotatable bonds is 13. The molecule has 2 N–H and O–H groups in total. The number of hydrogen-bond acceptors (Lipinski definition) is 4. The number of fused-ring (bicyclic) bond motifs is 1. The standard InChI is InChI=1S/C33H45N3O.C7H16/c1-6-8-12-26(7-2)33-30(22-36-19-17-23(3)18-20-36)32(29-16-15-28(37)21-31(29)35-33)25(5)34-24(4)27-13-10-9-11-14-27;1-3-5-7-6-4-2/h6-8,12,15-16,21,23-24,27,34,37H,1,5,9-11,13-14,17-20,22H2,2-4H3;3-7H2,1-2H3/b12-8-,26-7+;/t24-;/m0./s1. The number of likely N-dealkylation sites (tertiary alicyclic amines) is 1. The number of allylic oxidation sites excluding steroid dienone is 5. The molecule has 0 bridgehead atoms. The maximum atomic E-state index is 10.3. The molecule has 1 aromatic carbocycles. The summed E-state index contributed by atoms with van der Waals surface area (Å²) in [5, 5.41) is 15.2. The van der Waals surface area contributed by atoms with Gasteiger partial charge < -0.3 is 10.4 Å². The summed E-state index contributed by atoms with van der Waals surface area (Å²) >= 11 is 0. The van der Waals surface area contributed by atoms with Gasteiger partial charge in [-0.2, -0.15) is 0 Å². The van der Waals surface area contributed by atoms with Crippen LogP contribution in [0, 0.1) is 11.8 Å². The van der Waals surface area contributed by atoms with Gasteiger partial charge in [-0.15, -0.1) is 0 Å². The van der Waals surface area contributed by atoms with Crippen molar-refractivity contribution in [2.75, 3.05) is 13.1 Å². The van der Waals surface area contributed by atoms with Crippen LogP contribution in [-0.4, -0.2) is 34.1 Å². The molecule has 1 atom stereocenters. The lowest BCUT2D eigenvalue weighted by atomic mass is 9.84. The van der Waals surface area contributed by atoms with Gasteiger partial charge in [-0.25, -0.2) is 4.98 Å². The van der Waals surface area contributed by atoms with E-state index >= 15 is 0 Å². The number of aromatic hydroxyl groups is 1. The van der Waals surface area contributed by atoms with Crippen molar-refractivity contribution in [2.45, 2.75) is 124 Å². The van der Waals surface area contributed by atoms with E-state index in [9.17, 15) is 5.11 Å². The normalized spacial score (nSPS) is 17.8. The first-order valence-corrected chi connectivity index (χ1v) is 17.6. The van der Waals surface area contributed by atoms with E-state index in [4.69, 9.17) is 4.98 Å². The van der Waals surface area contributed by atoms with Gasteiger partial charge >= 0.3 is 0 Å². The second-order valence-electron chi connectivity index (χ2n) is 13.2. The minimum absolute atomic E-state index is 0.229. The molecule has 44 heavy (non-hydrogen) atoms. The first-order valence-electron chi connectivity index (χ1n) is 17.6. The topological polar surface area (TPSA) is 48.4 Å². The molecule has 0 spiro atoms. The second-order valence-corrected chi connectivity index (χ2v) is 13.2. The molecule has 2 fully saturated rings. The van der Waals surface area contributed by atoms with E-state index in [1.54, 1.807) is 18.2 Å². The Hall–Kier alpha value is -2.85. The van der Waals surface area contributed by atoms with Crippen LogP contribution in [0.3, 0.4) is 0 Å². The van der Waals surface area contributed by atoms with Crippen LogP contribution in [0.25, 0.3) is 22.2 Å². The Kier molecular flexibility index (Phi) is 15.3. The molecule has 1 aliphatic carbocycles. The van der Waals surface area contributed by atoms with Gasteiger partial charge in [0.1, 0.15) is 5.75 Å². The van der Waals surface area contributed by atoms with Crippen molar-refractivity contribution in [3.05, 3.63) is 72.5 Å². The molecule has 2 aliphatic rings. The molecular weight excluding hydrogens is 538 g/mol. The van der Waals surface area contributed by atoms with Crippen molar-refractivity contribution in [3.63, 3.8) is 0 Å². The van der Waals surface area contributed by atoms with Gasteiger partial charge in [0.2, 0.25) is 0 Å². The lowest BCUT2D eigenvalue weighted by Gasteiger charge is -2.33. The molecule has 1 aliphatic heterocycles. The number of aromatic nitrogens is 1. The van der Waals surface area contributed by atoms with Crippen molar-refractivity contribution in [1.29, 1.82) is 0 Å². The maximum absolute atomic E-state index is 10.3. The third-order valence-corrected chi connectivity index (χ3v) is 9.59. The van der Waals surface area contributed by atoms with Crippen LogP contribution in [0.5, 0.6) is 5.75 Å². The Morgan fingerprint density at radius 3 is 2.36 bits per heavy atom. The van der Waals surface area contributed by atoms with Crippen molar-refractivity contribution >= 4 is 22.2 Å². The summed E-state index contributed by atoms with van der Waals surface area (Å²) in [6, 6.07) is 5.91. The number of hydrogen-bond donors (Lipinski definition) is 2. The fourth-order valence-corrected chi connectivity index (χ4v) is 6.73. The van der Waals surface area contributed by atoms with Gasteiger partial charge in [0.05, 0.1) is 11.2 Å². The van der Waals surface area contributed by atoms with Gasteiger partial charge in [-0.05, 0) is 82.2 Å². The summed E-state index contributed by atoms with van der Waals surface area (Å²) in [5.74, 6) is 1.69. The minimum Gasteiger partial charge on any atom is -0.508 e. The van der Waals surface area contributed by atoms with E-state index in [1.807, 2.05) is 12.1 Å². The smallest absolute Gasteiger partial charge is 0.117 e. The van der Waals surface area contributed by atoms with Crippen molar-refractivity contribution < 1.29 is 5.11 Å². The molecule has 4 nitrogen and oxygen atoms in total. The number of nitrogens with zero attached hydrogens (tertiary/aromatic N) is 2. The quantitative estimate of drug-likeness (QED) is 0.178. The SMILES string of the molecule is C=C/C=C\C(=C/C)c1nc2cc(O)ccc2c(C(=C)N[C@@H](C)C2CCCCC2)c1CN1CCC(C)CC1.CCCCCCC. The molecular formula is C40H61N3O. The highest BCUT2D eigenvalue weighted by atomic mass is 16.3. The number of nitrogens with one attached hydrogen (secondary N) is 1. The average Bonchev–Trinajstić information content (AvgIpc) is 3.03. The zero-order valence-corrected chi connectivity index (χ0v) is 28.6. The molecule has 0 radical (unpaired) electrons. The molecule has 1 aromatic heterocycles. The van der Waals surface area contributed by atoms with Crippen molar-refractivity contribution in [3.8, 4) is 5.75 Å². The lowest BCUT2D eigenvalue weighted by molar-refractivity contribution is 0.185. The van der Waals surface area contributed by atoms with Gasteiger partial charge in [0.25, 0.3) is 0 Å². The second kappa shape index (κ2) is 18.8. The molecule has 1 saturated heterocycles. The van der Waals surface area contributed by atoms with E-state index in [1.165, 1.54) is 82.6 Å². The van der Waals surface area contributed by atoms with Crippen LogP contribution >= 0.6 is 0 Å². The Morgan fingerprint density at radius 1 is 1.07 bits per heavy atom. The Bertz CT molecular complexity index is 1240. The highest BCUT2D eigenvalue weighted by Crippen LogP contribution is 2.36. The third-order valence-electron chi connectivity index (χ3n) is 9.59. The van der Waals surface area contributed by atoms with E-state index in [0.717, 1.165) is 59.0 Å². The fourth-order valence-electron chi connectivity index (χ4n) is 6.73. The molecule has 4 rings (SSSR count). The molecule has 2 heterocycles. The highest BCUT2D eigenvalue weighted by Gasteiger charge is 2.26. The number of benzene rings is 1. The Labute approximate surface area is 269 Å². The van der Waals surface area contributed by atoms with Crippen LogP contribution in [0.1, 0.15) is 128 Å². The molecule has 242 valence electrons. The largest absolute Gasteiger partial charge is 0.508 e. The van der Waals surface area contributed by atoms with Gasteiger partial charge in [-0.3, -0.25) is 4.90 Å². The number of unbranched alkanes of at least 4 members (excludes halogenated alkanes) is 4. The maximum Gasteiger partial charge on any atom is 0.117 e. The molecule has 1 saturated carbocycles. The van der Waals surface area contributed by atoms with E-state index in [0.29, 0.717) is 12.0 Å². The molecule has 0 amide bonds. The molecule has 0 unspecified atom stereocenters. The molecule has 4 heteroatoms. The summed E-state index contributed by atoms with van der Waals surface area (Å²) in [6.45, 7) is 22.7. The minimum atomic E-state index is 0.229. The van der Waals surface area contributed by atoms with Crippen LogP contribution in [-0.2, 0) is 6.54 Å². The number of piperidine rings is 1. The van der Waals surface area contributed by atoms with Crippen LogP contribution in [0.15, 0.2) is 55.7 Å². The van der Waals surface area contributed by atoms with Crippen molar-refractivity contribution in [1.82, 2.24) is 15.2 Å². The Morgan fingerprint density at radius 2 is 1.75 bits per heavy atom. The summed E-state index contributed by atoms with van der Waals surface area (Å²) in [6.07, 6.45) is 24.0. The number of phenolic OH excluding ortho intramolecular Hbond substituents is 1. The van der Waals surface area contributed by atoms with E-state index < -0.39 is 0 Å². The summed E-state index contributed by atoms with van der Waals surface area (Å²) in [7, 11) is 0. The summed E-state index contributed by atoms with van der Waals surface area (Å²) in [5.41, 5.74) is 6.11. The average molecular weight is 600 g/mol. The van der Waals surface area contributed by atoms with Crippen LogP contribution < -0.4 is 5.32 Å². The Balaban J connectivity index is 0.000000676. The van der Waals surface area contributed by atoms with Gasteiger partial charge in [-0.1, -0.05) is 110 Å². The van der Waals surface area contributed by atoms with Gasteiger partial charge in [0.15, 0.2) is 0 Å². The van der Waals surface area contributed by atoms with Gasteiger partial charge in [0, 0.05) is 40.9 Å². The fraction of sp³-hybridized carbons (Fsp3) is 0.575. The molecule has 2 aromatic rings. The third kappa shape index (κ3) is 10.4. The first-order chi connectivity index (χ1) is 21.3. The zero-order chi connectivity index (χ0) is 31.9. The predicted molar refractivity (Wildman–Crippen MR) is 193 cm³/mol.